The van der Waals surface area contributed by atoms with E-state index in [1.807, 2.05) is 0 Å². The molecule has 1 aliphatic heterocycles. The lowest BCUT2D eigenvalue weighted by Crippen LogP contribution is -2.27. The van der Waals surface area contributed by atoms with E-state index in [1.165, 1.54) is 6.07 Å². The van der Waals surface area contributed by atoms with Crippen molar-refractivity contribution in [1.82, 2.24) is 0 Å². The van der Waals surface area contributed by atoms with Gasteiger partial charge in [0, 0.05) is 11.1 Å². The van der Waals surface area contributed by atoms with Gasteiger partial charge in [-0.25, -0.2) is 0 Å². The molecule has 19 heavy (non-hydrogen) atoms. The molecule has 1 unspecified atom stereocenters. The van der Waals surface area contributed by atoms with Crippen LogP contribution in [0.1, 0.15) is 18.4 Å². The summed E-state index contributed by atoms with van der Waals surface area (Å²) in [5.41, 5.74) is -0.714. The molecule has 0 radical (unpaired) electrons. The van der Waals surface area contributed by atoms with Crippen LogP contribution in [0.5, 0.6) is 0 Å². The molecule has 0 spiro atoms. The van der Waals surface area contributed by atoms with Gasteiger partial charge in [0.25, 0.3) is 5.91 Å². The molecule has 0 aliphatic carbocycles. The lowest BCUT2D eigenvalue weighted by molar-refractivity contribution is -0.137. The number of anilines is 1. The molecule has 1 aliphatic rings. The van der Waals surface area contributed by atoms with Crippen molar-refractivity contribution in [2.75, 3.05) is 11.9 Å². The van der Waals surface area contributed by atoms with Crippen molar-refractivity contribution in [2.24, 2.45) is 0 Å². The van der Waals surface area contributed by atoms with E-state index in [0.717, 1.165) is 18.6 Å². The first-order valence-corrected chi connectivity index (χ1v) is 6.46. The van der Waals surface area contributed by atoms with Crippen molar-refractivity contribution in [3.63, 3.8) is 0 Å². The summed E-state index contributed by atoms with van der Waals surface area (Å²) < 4.78 is 43.3. The van der Waals surface area contributed by atoms with Crippen molar-refractivity contribution < 1.29 is 22.7 Å². The molecule has 0 saturated carbocycles. The van der Waals surface area contributed by atoms with Crippen molar-refractivity contribution in [1.29, 1.82) is 0 Å². The van der Waals surface area contributed by atoms with Crippen LogP contribution < -0.4 is 5.32 Å². The maximum Gasteiger partial charge on any atom is 0.416 e. The van der Waals surface area contributed by atoms with Gasteiger partial charge in [0.15, 0.2) is 0 Å². The molecule has 0 bridgehead atoms. The normalized spacial score (nSPS) is 19.5. The van der Waals surface area contributed by atoms with E-state index in [4.69, 9.17) is 4.74 Å². The Morgan fingerprint density at radius 1 is 1.42 bits per heavy atom. The summed E-state index contributed by atoms with van der Waals surface area (Å²) >= 11 is 3.11. The van der Waals surface area contributed by atoms with Crippen molar-refractivity contribution in [3.05, 3.63) is 28.2 Å². The van der Waals surface area contributed by atoms with Crippen molar-refractivity contribution in [3.8, 4) is 0 Å². The standard InChI is InChI=1S/C12H11BrF3NO2/c13-8-4-3-7(12(14,15)16)6-9(8)17-11(18)10-2-1-5-19-10/h3-4,6,10H,1-2,5H2,(H,17,18). The smallest absolute Gasteiger partial charge is 0.368 e. The Morgan fingerprint density at radius 3 is 2.74 bits per heavy atom. The Balaban J connectivity index is 2.17. The molecule has 1 saturated heterocycles. The third kappa shape index (κ3) is 3.48. The molecular weight excluding hydrogens is 327 g/mol. The van der Waals surface area contributed by atoms with Crippen LogP contribution in [-0.2, 0) is 15.7 Å². The zero-order chi connectivity index (χ0) is 14.0. The summed E-state index contributed by atoms with van der Waals surface area (Å²) in [6, 6.07) is 3.11. The van der Waals surface area contributed by atoms with Crippen molar-refractivity contribution >= 4 is 27.5 Å². The lowest BCUT2D eigenvalue weighted by Gasteiger charge is -2.14. The van der Waals surface area contributed by atoms with Crippen LogP contribution in [0.2, 0.25) is 0 Å². The summed E-state index contributed by atoms with van der Waals surface area (Å²) in [6.07, 6.45) is -3.66. The van der Waals surface area contributed by atoms with Crippen LogP contribution in [-0.4, -0.2) is 18.6 Å². The molecule has 104 valence electrons. The summed E-state index contributed by atoms with van der Waals surface area (Å²) in [7, 11) is 0. The highest BCUT2D eigenvalue weighted by Crippen LogP contribution is 2.34. The summed E-state index contributed by atoms with van der Waals surface area (Å²) in [5.74, 6) is -0.419. The number of hydrogen-bond donors (Lipinski definition) is 1. The number of alkyl halides is 3. The van der Waals surface area contributed by atoms with E-state index in [-0.39, 0.29) is 5.69 Å². The summed E-state index contributed by atoms with van der Waals surface area (Å²) in [5, 5.41) is 2.45. The maximum atomic E-state index is 12.6. The highest BCUT2D eigenvalue weighted by atomic mass is 79.9. The number of carbonyl (C=O) groups excluding carboxylic acids is 1. The first-order chi connectivity index (χ1) is 8.88. The molecule has 1 amide bonds. The lowest BCUT2D eigenvalue weighted by atomic mass is 10.2. The molecule has 0 aromatic heterocycles. The number of benzene rings is 1. The second-order valence-electron chi connectivity index (χ2n) is 4.18. The maximum absolute atomic E-state index is 12.6. The minimum absolute atomic E-state index is 0.0929. The van der Waals surface area contributed by atoms with Gasteiger partial charge in [-0.2, -0.15) is 13.2 Å². The first kappa shape index (κ1) is 14.3. The third-order valence-corrected chi connectivity index (χ3v) is 3.47. The fourth-order valence-corrected chi connectivity index (χ4v) is 2.14. The Hall–Kier alpha value is -1.08. The third-order valence-electron chi connectivity index (χ3n) is 2.77. The number of halogens is 4. The Labute approximate surface area is 116 Å². The molecule has 1 heterocycles. The van der Waals surface area contributed by atoms with Gasteiger partial charge in [-0.15, -0.1) is 0 Å². The molecule has 1 fully saturated rings. The average molecular weight is 338 g/mol. The fraction of sp³-hybridized carbons (Fsp3) is 0.417. The molecule has 3 nitrogen and oxygen atoms in total. The SMILES string of the molecule is O=C(Nc1cc(C(F)(F)F)ccc1Br)C1CCCO1. The molecule has 2 rings (SSSR count). The molecule has 1 atom stereocenters. The second kappa shape index (κ2) is 5.50. The Kier molecular flexibility index (Phi) is 4.15. The highest BCUT2D eigenvalue weighted by Gasteiger charge is 2.31. The van der Waals surface area contributed by atoms with Crippen molar-refractivity contribution in [2.45, 2.75) is 25.1 Å². The highest BCUT2D eigenvalue weighted by molar-refractivity contribution is 9.10. The second-order valence-corrected chi connectivity index (χ2v) is 5.04. The van der Waals surface area contributed by atoms with E-state index in [9.17, 15) is 18.0 Å². The van der Waals surface area contributed by atoms with Gasteiger partial charge in [-0.05, 0) is 47.0 Å². The van der Waals surface area contributed by atoms with Crippen LogP contribution in [0, 0.1) is 0 Å². The Morgan fingerprint density at radius 2 is 2.16 bits per heavy atom. The van der Waals surface area contributed by atoms with Crippen LogP contribution in [0.3, 0.4) is 0 Å². The zero-order valence-electron chi connectivity index (χ0n) is 9.76. The van der Waals surface area contributed by atoms with Crippen LogP contribution in [0.4, 0.5) is 18.9 Å². The minimum Gasteiger partial charge on any atom is -0.368 e. The van der Waals surface area contributed by atoms with E-state index >= 15 is 0 Å². The van der Waals surface area contributed by atoms with Gasteiger partial charge in [-0.1, -0.05) is 0 Å². The molecular formula is C12H11BrF3NO2. The zero-order valence-corrected chi connectivity index (χ0v) is 11.3. The van der Waals surface area contributed by atoms with E-state index < -0.39 is 23.8 Å². The quantitative estimate of drug-likeness (QED) is 0.895. The van der Waals surface area contributed by atoms with E-state index in [0.29, 0.717) is 17.5 Å². The van der Waals surface area contributed by atoms with Gasteiger partial charge in [-0.3, -0.25) is 4.79 Å². The Bertz CT molecular complexity index is 484. The van der Waals surface area contributed by atoms with Crippen LogP contribution in [0.15, 0.2) is 22.7 Å². The van der Waals surface area contributed by atoms with E-state index in [2.05, 4.69) is 21.2 Å². The number of rotatable bonds is 2. The average Bonchev–Trinajstić information content (AvgIpc) is 2.84. The predicted octanol–water partition coefficient (Wildman–Crippen LogP) is 3.59. The molecule has 1 N–H and O–H groups in total. The van der Waals surface area contributed by atoms with Gasteiger partial charge in [0.05, 0.1) is 11.3 Å². The van der Waals surface area contributed by atoms with Gasteiger partial charge < -0.3 is 10.1 Å². The fourth-order valence-electron chi connectivity index (χ4n) is 1.80. The first-order valence-electron chi connectivity index (χ1n) is 5.67. The number of hydrogen-bond acceptors (Lipinski definition) is 2. The monoisotopic (exact) mass is 337 g/mol. The topological polar surface area (TPSA) is 38.3 Å². The molecule has 7 heteroatoms. The molecule has 1 aromatic carbocycles. The number of ether oxygens (including phenoxy) is 1. The van der Waals surface area contributed by atoms with Crippen LogP contribution >= 0.6 is 15.9 Å². The predicted molar refractivity (Wildman–Crippen MR) is 66.7 cm³/mol. The number of nitrogens with one attached hydrogen (secondary N) is 1. The number of amides is 1. The van der Waals surface area contributed by atoms with Gasteiger partial charge >= 0.3 is 6.18 Å². The largest absolute Gasteiger partial charge is 0.416 e. The minimum atomic E-state index is -4.44. The van der Waals surface area contributed by atoms with Gasteiger partial charge in [0.2, 0.25) is 0 Å². The summed E-state index contributed by atoms with van der Waals surface area (Å²) in [4.78, 5) is 11.8. The van der Waals surface area contributed by atoms with Gasteiger partial charge in [0.1, 0.15) is 6.10 Å². The number of carbonyl (C=O) groups is 1. The van der Waals surface area contributed by atoms with E-state index in [1.54, 1.807) is 0 Å². The summed E-state index contributed by atoms with van der Waals surface area (Å²) in [6.45, 7) is 0.502. The molecule has 1 aromatic rings. The van der Waals surface area contributed by atoms with Crippen LogP contribution in [0.25, 0.3) is 0 Å².